The summed E-state index contributed by atoms with van der Waals surface area (Å²) in [6, 6.07) is 6.77. The summed E-state index contributed by atoms with van der Waals surface area (Å²) in [6.07, 6.45) is 3.88. The Balaban J connectivity index is 1.68. The van der Waals surface area contributed by atoms with Gasteiger partial charge in [-0.1, -0.05) is 18.2 Å². The zero-order chi connectivity index (χ0) is 13.0. The third kappa shape index (κ3) is 1.77. The van der Waals surface area contributed by atoms with Gasteiger partial charge in [-0.3, -0.25) is 10.1 Å². The Kier molecular flexibility index (Phi) is 2.28. The minimum atomic E-state index is -0.373. The van der Waals surface area contributed by atoms with Crippen molar-refractivity contribution in [1.29, 1.82) is 0 Å². The summed E-state index contributed by atoms with van der Waals surface area (Å²) in [5.41, 5.74) is 0.224. The fraction of sp³-hybridized carbons (Fsp3) is 0.533. The molecule has 4 rings (SSSR count). The highest BCUT2D eigenvalue weighted by Gasteiger charge is 2.60. The van der Waals surface area contributed by atoms with Gasteiger partial charge in [0.05, 0.1) is 0 Å². The Labute approximate surface area is 111 Å². The topological polar surface area (TPSA) is 32.3 Å². The van der Waals surface area contributed by atoms with E-state index in [1.807, 2.05) is 11.0 Å². The van der Waals surface area contributed by atoms with Crippen LogP contribution < -0.4 is 5.32 Å². The van der Waals surface area contributed by atoms with Crippen LogP contribution in [-0.4, -0.2) is 22.9 Å². The molecule has 0 radical (unpaired) electrons. The van der Waals surface area contributed by atoms with Gasteiger partial charge in [0.1, 0.15) is 17.5 Å². The average molecular weight is 260 g/mol. The molecule has 3 aliphatic rings. The number of hydrogen-bond acceptors (Lipinski definition) is 2. The second-order valence-electron chi connectivity index (χ2n) is 6.05. The number of rotatable bonds is 3. The van der Waals surface area contributed by atoms with Crippen LogP contribution in [0, 0.1) is 11.7 Å². The highest BCUT2D eigenvalue weighted by molar-refractivity contribution is 5.92. The number of benzene rings is 1. The van der Waals surface area contributed by atoms with Gasteiger partial charge in [-0.05, 0) is 37.7 Å². The van der Waals surface area contributed by atoms with E-state index in [0.29, 0.717) is 11.5 Å². The molecule has 1 aromatic rings. The first-order chi connectivity index (χ1) is 9.20. The third-order valence-electron chi connectivity index (χ3n) is 4.50. The molecule has 19 heavy (non-hydrogen) atoms. The SMILES string of the molecule is O=C1N(CC2CC2)C(c2ccccc2F)NC12CC2. The highest BCUT2D eigenvalue weighted by Crippen LogP contribution is 2.47. The van der Waals surface area contributed by atoms with Crippen molar-refractivity contribution in [3.8, 4) is 0 Å². The first-order valence-corrected chi connectivity index (χ1v) is 7.03. The minimum absolute atomic E-state index is 0.174. The van der Waals surface area contributed by atoms with E-state index in [9.17, 15) is 9.18 Å². The molecule has 1 atom stereocenters. The molecule has 3 fully saturated rings. The van der Waals surface area contributed by atoms with Gasteiger partial charge in [0, 0.05) is 12.1 Å². The molecule has 3 nitrogen and oxygen atoms in total. The molecule has 100 valence electrons. The molecule has 1 amide bonds. The zero-order valence-electron chi connectivity index (χ0n) is 10.7. The molecule has 1 unspecified atom stereocenters. The van der Waals surface area contributed by atoms with Crippen molar-refractivity contribution < 1.29 is 9.18 Å². The Morgan fingerprint density at radius 1 is 1.32 bits per heavy atom. The van der Waals surface area contributed by atoms with Crippen LogP contribution in [0.15, 0.2) is 24.3 Å². The maximum absolute atomic E-state index is 14.0. The number of nitrogens with zero attached hydrogens (tertiary/aromatic N) is 1. The van der Waals surface area contributed by atoms with Crippen LogP contribution in [0.2, 0.25) is 0 Å². The molecule has 1 aromatic carbocycles. The van der Waals surface area contributed by atoms with Crippen LogP contribution in [0.4, 0.5) is 4.39 Å². The van der Waals surface area contributed by atoms with Gasteiger partial charge >= 0.3 is 0 Å². The number of nitrogens with one attached hydrogen (secondary N) is 1. The van der Waals surface area contributed by atoms with Crippen molar-refractivity contribution in [2.24, 2.45) is 5.92 Å². The molecule has 1 saturated heterocycles. The largest absolute Gasteiger partial charge is 0.321 e. The zero-order valence-corrected chi connectivity index (χ0v) is 10.7. The van der Waals surface area contributed by atoms with Gasteiger partial charge in [0.25, 0.3) is 0 Å². The van der Waals surface area contributed by atoms with Gasteiger partial charge in [0.15, 0.2) is 0 Å². The van der Waals surface area contributed by atoms with Crippen molar-refractivity contribution in [2.45, 2.75) is 37.4 Å². The lowest BCUT2D eigenvalue weighted by Gasteiger charge is -2.24. The minimum Gasteiger partial charge on any atom is -0.321 e. The van der Waals surface area contributed by atoms with Gasteiger partial charge in [-0.25, -0.2) is 4.39 Å². The van der Waals surface area contributed by atoms with Crippen molar-refractivity contribution in [2.75, 3.05) is 6.54 Å². The molecule has 1 heterocycles. The lowest BCUT2D eigenvalue weighted by atomic mass is 10.1. The predicted molar refractivity (Wildman–Crippen MR) is 68.7 cm³/mol. The molecule has 0 aromatic heterocycles. The van der Waals surface area contributed by atoms with Crippen LogP contribution in [0.3, 0.4) is 0 Å². The molecule has 1 aliphatic heterocycles. The Morgan fingerprint density at radius 2 is 2.05 bits per heavy atom. The quantitative estimate of drug-likeness (QED) is 0.903. The number of amides is 1. The molecular formula is C15H17FN2O. The molecular weight excluding hydrogens is 243 g/mol. The normalized spacial score (nSPS) is 28.2. The number of hydrogen-bond donors (Lipinski definition) is 1. The second-order valence-corrected chi connectivity index (χ2v) is 6.05. The van der Waals surface area contributed by atoms with Crippen LogP contribution in [-0.2, 0) is 4.79 Å². The average Bonchev–Trinajstić information content (AvgIpc) is 3.29. The maximum Gasteiger partial charge on any atom is 0.244 e. The predicted octanol–water partition coefficient (Wildman–Crippen LogP) is 2.20. The maximum atomic E-state index is 14.0. The van der Waals surface area contributed by atoms with E-state index in [2.05, 4.69) is 5.32 Å². The molecule has 1 spiro atoms. The summed E-state index contributed by atoms with van der Waals surface area (Å²) >= 11 is 0. The summed E-state index contributed by atoms with van der Waals surface area (Å²) in [6.45, 7) is 0.770. The summed E-state index contributed by atoms with van der Waals surface area (Å²) in [7, 11) is 0. The van der Waals surface area contributed by atoms with Crippen molar-refractivity contribution in [3.05, 3.63) is 35.6 Å². The molecule has 2 aliphatic carbocycles. The van der Waals surface area contributed by atoms with E-state index >= 15 is 0 Å². The van der Waals surface area contributed by atoms with Crippen LogP contribution in [0.25, 0.3) is 0 Å². The van der Waals surface area contributed by atoms with Gasteiger partial charge < -0.3 is 4.90 Å². The first kappa shape index (κ1) is 11.4. The molecule has 0 bridgehead atoms. The number of carbonyl (C=O) groups excluding carboxylic acids is 1. The van der Waals surface area contributed by atoms with Crippen molar-refractivity contribution >= 4 is 5.91 Å². The van der Waals surface area contributed by atoms with E-state index in [0.717, 1.165) is 19.4 Å². The fourth-order valence-corrected chi connectivity index (χ4v) is 2.99. The fourth-order valence-electron chi connectivity index (χ4n) is 2.99. The van der Waals surface area contributed by atoms with Crippen LogP contribution in [0.1, 0.15) is 37.4 Å². The van der Waals surface area contributed by atoms with Gasteiger partial charge in [-0.15, -0.1) is 0 Å². The number of halogens is 1. The van der Waals surface area contributed by atoms with E-state index in [1.54, 1.807) is 12.1 Å². The lowest BCUT2D eigenvalue weighted by Crippen LogP contribution is -2.33. The van der Waals surface area contributed by atoms with Crippen molar-refractivity contribution in [3.63, 3.8) is 0 Å². The van der Waals surface area contributed by atoms with E-state index < -0.39 is 0 Å². The third-order valence-corrected chi connectivity index (χ3v) is 4.50. The molecule has 4 heteroatoms. The Hall–Kier alpha value is -1.42. The van der Waals surface area contributed by atoms with E-state index in [1.165, 1.54) is 18.9 Å². The highest BCUT2D eigenvalue weighted by atomic mass is 19.1. The van der Waals surface area contributed by atoms with Gasteiger partial charge in [-0.2, -0.15) is 0 Å². The first-order valence-electron chi connectivity index (χ1n) is 7.03. The van der Waals surface area contributed by atoms with E-state index in [4.69, 9.17) is 0 Å². The summed E-state index contributed by atoms with van der Waals surface area (Å²) in [5, 5.41) is 3.37. The summed E-state index contributed by atoms with van der Waals surface area (Å²) < 4.78 is 14.0. The number of carbonyl (C=O) groups is 1. The van der Waals surface area contributed by atoms with E-state index in [-0.39, 0.29) is 23.4 Å². The van der Waals surface area contributed by atoms with Gasteiger partial charge in [0.2, 0.25) is 5.91 Å². The van der Waals surface area contributed by atoms with Crippen molar-refractivity contribution in [1.82, 2.24) is 10.2 Å². The second kappa shape index (κ2) is 3.79. The monoisotopic (exact) mass is 260 g/mol. The molecule has 1 N–H and O–H groups in total. The smallest absolute Gasteiger partial charge is 0.244 e. The standard InChI is InChI=1S/C15H17FN2O/c16-12-4-2-1-3-11(12)13-17-15(7-8-15)14(19)18(13)9-10-5-6-10/h1-4,10,13,17H,5-9H2. The summed E-state index contributed by atoms with van der Waals surface area (Å²) in [4.78, 5) is 14.4. The van der Waals surface area contributed by atoms with Crippen LogP contribution in [0.5, 0.6) is 0 Å². The van der Waals surface area contributed by atoms with Crippen LogP contribution >= 0.6 is 0 Å². The summed E-state index contributed by atoms with van der Waals surface area (Å²) in [5.74, 6) is 0.563. The Bertz CT molecular complexity index is 537. The molecule has 2 saturated carbocycles. The lowest BCUT2D eigenvalue weighted by molar-refractivity contribution is -0.131. The Morgan fingerprint density at radius 3 is 2.68 bits per heavy atom.